The number of rotatable bonds is 8. The number of nitrogens with zero attached hydrogens (tertiary/aromatic N) is 2. The third-order valence-electron chi connectivity index (χ3n) is 3.43. The minimum absolute atomic E-state index is 0.104. The molecule has 0 bridgehead atoms. The molecule has 0 amide bonds. The molecule has 0 radical (unpaired) electrons. The molecule has 1 heterocycles. The van der Waals surface area contributed by atoms with Gasteiger partial charge in [-0.3, -0.25) is 0 Å². The molecule has 5 heteroatoms. The average molecular weight is 293 g/mol. The summed E-state index contributed by atoms with van der Waals surface area (Å²) in [5.74, 6) is 7.79. The summed E-state index contributed by atoms with van der Waals surface area (Å²) < 4.78 is 0. The van der Waals surface area contributed by atoms with Gasteiger partial charge in [0.2, 0.25) is 0 Å². The molecule has 1 aromatic rings. The summed E-state index contributed by atoms with van der Waals surface area (Å²) in [5, 5.41) is 3.46. The number of aromatic nitrogens is 2. The maximum absolute atomic E-state index is 5.51. The van der Waals surface area contributed by atoms with Gasteiger partial charge in [0, 0.05) is 17.5 Å². The van der Waals surface area contributed by atoms with Crippen LogP contribution in [0.25, 0.3) is 0 Å². The number of hydrogen-bond donors (Lipinski definition) is 3. The van der Waals surface area contributed by atoms with E-state index in [9.17, 15) is 0 Å². The summed E-state index contributed by atoms with van der Waals surface area (Å²) in [6.45, 7) is 10.7. The fraction of sp³-hybridized carbons (Fsp3) is 0.750. The quantitative estimate of drug-likeness (QED) is 0.386. The van der Waals surface area contributed by atoms with Gasteiger partial charge in [-0.05, 0) is 13.3 Å². The lowest BCUT2D eigenvalue weighted by molar-refractivity contribution is 0.545. The van der Waals surface area contributed by atoms with Crippen LogP contribution in [0.15, 0.2) is 6.07 Å². The lowest BCUT2D eigenvalue weighted by Gasteiger charge is -2.20. The zero-order valence-corrected chi connectivity index (χ0v) is 14.2. The average Bonchev–Trinajstić information content (AvgIpc) is 2.42. The summed E-state index contributed by atoms with van der Waals surface area (Å²) in [6.07, 6.45) is 6.29. The molecule has 21 heavy (non-hydrogen) atoms. The van der Waals surface area contributed by atoms with E-state index >= 15 is 0 Å². The summed E-state index contributed by atoms with van der Waals surface area (Å²) in [4.78, 5) is 9.05. The van der Waals surface area contributed by atoms with Crippen molar-refractivity contribution in [3.05, 3.63) is 11.9 Å². The Morgan fingerprint density at radius 3 is 2.38 bits per heavy atom. The predicted molar refractivity (Wildman–Crippen MR) is 90.4 cm³/mol. The summed E-state index contributed by atoms with van der Waals surface area (Å²) >= 11 is 0. The van der Waals surface area contributed by atoms with Crippen molar-refractivity contribution in [2.45, 2.75) is 78.2 Å². The topological polar surface area (TPSA) is 75.9 Å². The normalized spacial score (nSPS) is 13.0. The van der Waals surface area contributed by atoms with E-state index in [1.807, 2.05) is 6.07 Å². The van der Waals surface area contributed by atoms with Crippen molar-refractivity contribution < 1.29 is 0 Å². The molecule has 0 saturated carbocycles. The third kappa shape index (κ3) is 6.29. The minimum Gasteiger partial charge on any atom is -0.367 e. The number of nitrogens with one attached hydrogen (secondary N) is 2. The molecular weight excluding hydrogens is 262 g/mol. The van der Waals surface area contributed by atoms with E-state index in [0.29, 0.717) is 11.9 Å². The van der Waals surface area contributed by atoms with Gasteiger partial charge in [0.15, 0.2) is 0 Å². The van der Waals surface area contributed by atoms with Gasteiger partial charge < -0.3 is 10.7 Å². The summed E-state index contributed by atoms with van der Waals surface area (Å²) in [7, 11) is 0. The zero-order chi connectivity index (χ0) is 15.9. The Morgan fingerprint density at radius 2 is 1.81 bits per heavy atom. The minimum atomic E-state index is -0.104. The number of hydrogen-bond acceptors (Lipinski definition) is 5. The Labute approximate surface area is 129 Å². The number of anilines is 2. The fourth-order valence-electron chi connectivity index (χ4n) is 2.13. The van der Waals surface area contributed by atoms with Crippen LogP contribution in [0.5, 0.6) is 0 Å². The SMILES string of the molecule is CCCCCCC(C)Nc1cc(NN)nc(C(C)(C)C)n1. The lowest BCUT2D eigenvalue weighted by Crippen LogP contribution is -2.22. The van der Waals surface area contributed by atoms with Crippen LogP contribution in [0.3, 0.4) is 0 Å². The van der Waals surface area contributed by atoms with Gasteiger partial charge in [0.1, 0.15) is 17.5 Å². The zero-order valence-electron chi connectivity index (χ0n) is 14.2. The van der Waals surface area contributed by atoms with Crippen LogP contribution in [-0.2, 0) is 5.41 Å². The molecule has 0 aliphatic carbocycles. The first-order valence-electron chi connectivity index (χ1n) is 7.99. The molecule has 0 aromatic carbocycles. The molecule has 4 N–H and O–H groups in total. The van der Waals surface area contributed by atoms with Crippen molar-refractivity contribution >= 4 is 11.6 Å². The highest BCUT2D eigenvalue weighted by Crippen LogP contribution is 2.22. The van der Waals surface area contributed by atoms with Crippen molar-refractivity contribution in [2.24, 2.45) is 5.84 Å². The van der Waals surface area contributed by atoms with E-state index in [1.165, 1.54) is 25.7 Å². The monoisotopic (exact) mass is 293 g/mol. The van der Waals surface area contributed by atoms with Crippen LogP contribution in [0.4, 0.5) is 11.6 Å². The second-order valence-electron chi connectivity index (χ2n) is 6.75. The van der Waals surface area contributed by atoms with Crippen molar-refractivity contribution in [2.75, 3.05) is 10.7 Å². The van der Waals surface area contributed by atoms with Crippen molar-refractivity contribution in [3.8, 4) is 0 Å². The Bertz CT molecular complexity index is 425. The first-order chi connectivity index (χ1) is 9.86. The Balaban J connectivity index is 2.69. The summed E-state index contributed by atoms with van der Waals surface area (Å²) in [6, 6.07) is 2.26. The highest BCUT2D eigenvalue weighted by Gasteiger charge is 2.19. The smallest absolute Gasteiger partial charge is 0.145 e. The van der Waals surface area contributed by atoms with Crippen LogP contribution >= 0.6 is 0 Å². The Kier molecular flexibility index (Phi) is 6.89. The predicted octanol–water partition coefficient (Wildman–Crippen LogP) is 3.83. The van der Waals surface area contributed by atoms with Crippen molar-refractivity contribution in [1.29, 1.82) is 0 Å². The van der Waals surface area contributed by atoms with Gasteiger partial charge in [0.05, 0.1) is 0 Å². The van der Waals surface area contributed by atoms with Gasteiger partial charge in [-0.15, -0.1) is 0 Å². The van der Waals surface area contributed by atoms with E-state index in [1.54, 1.807) is 0 Å². The molecular formula is C16H31N5. The molecule has 1 atom stereocenters. The molecule has 0 aliphatic heterocycles. The maximum atomic E-state index is 5.51. The maximum Gasteiger partial charge on any atom is 0.145 e. The fourth-order valence-corrected chi connectivity index (χ4v) is 2.13. The largest absolute Gasteiger partial charge is 0.367 e. The molecule has 0 spiro atoms. The van der Waals surface area contributed by atoms with Gasteiger partial charge in [-0.25, -0.2) is 15.8 Å². The molecule has 0 fully saturated rings. The Morgan fingerprint density at radius 1 is 1.14 bits per heavy atom. The van der Waals surface area contributed by atoms with E-state index in [4.69, 9.17) is 5.84 Å². The van der Waals surface area contributed by atoms with Gasteiger partial charge in [-0.1, -0.05) is 53.4 Å². The van der Waals surface area contributed by atoms with Crippen LogP contribution in [0.1, 0.15) is 72.5 Å². The van der Waals surface area contributed by atoms with Gasteiger partial charge >= 0.3 is 0 Å². The lowest BCUT2D eigenvalue weighted by atomic mass is 9.96. The van der Waals surface area contributed by atoms with E-state index < -0.39 is 0 Å². The molecule has 0 saturated heterocycles. The van der Waals surface area contributed by atoms with Crippen LogP contribution in [0, 0.1) is 0 Å². The summed E-state index contributed by atoms with van der Waals surface area (Å²) in [5.41, 5.74) is 2.52. The molecule has 1 aromatic heterocycles. The first-order valence-corrected chi connectivity index (χ1v) is 7.99. The van der Waals surface area contributed by atoms with Crippen molar-refractivity contribution in [3.63, 3.8) is 0 Å². The second-order valence-corrected chi connectivity index (χ2v) is 6.75. The third-order valence-corrected chi connectivity index (χ3v) is 3.43. The first kappa shape index (κ1) is 17.7. The molecule has 1 unspecified atom stereocenters. The van der Waals surface area contributed by atoms with E-state index in [-0.39, 0.29) is 5.41 Å². The molecule has 120 valence electrons. The van der Waals surface area contributed by atoms with E-state index in [2.05, 4.69) is 55.3 Å². The number of nitrogens with two attached hydrogens (primary N) is 1. The van der Waals surface area contributed by atoms with Crippen LogP contribution in [-0.4, -0.2) is 16.0 Å². The number of hydrazine groups is 1. The van der Waals surface area contributed by atoms with Crippen molar-refractivity contribution in [1.82, 2.24) is 9.97 Å². The second kappa shape index (κ2) is 8.17. The Hall–Kier alpha value is -1.36. The van der Waals surface area contributed by atoms with E-state index in [0.717, 1.165) is 18.1 Å². The van der Waals surface area contributed by atoms with Crippen LogP contribution < -0.4 is 16.6 Å². The number of unbranched alkanes of at least 4 members (excludes halogenated alkanes) is 3. The molecule has 5 nitrogen and oxygen atoms in total. The molecule has 0 aliphatic rings. The van der Waals surface area contributed by atoms with Gasteiger partial charge in [-0.2, -0.15) is 0 Å². The standard InChI is InChI=1S/C16H31N5/c1-6-7-8-9-10-12(2)18-13-11-14(21-17)20-15(19-13)16(3,4)5/h11-12H,6-10,17H2,1-5H3,(H2,18,19,20,21). The highest BCUT2D eigenvalue weighted by atomic mass is 15.3. The van der Waals surface area contributed by atoms with Crippen LogP contribution in [0.2, 0.25) is 0 Å². The molecule has 1 rings (SSSR count). The highest BCUT2D eigenvalue weighted by molar-refractivity contribution is 5.47. The number of nitrogen functional groups attached to an aromatic ring is 1. The van der Waals surface area contributed by atoms with Gasteiger partial charge in [0.25, 0.3) is 0 Å².